The molecule has 0 spiro atoms. The van der Waals surface area contributed by atoms with Crippen LogP contribution >= 0.6 is 11.8 Å². The van der Waals surface area contributed by atoms with Crippen LogP contribution < -0.4 is 5.32 Å². The number of nitrogens with one attached hydrogen (secondary N) is 1. The first-order valence-electron chi connectivity index (χ1n) is 7.99. The summed E-state index contributed by atoms with van der Waals surface area (Å²) in [6.45, 7) is 6.11. The van der Waals surface area contributed by atoms with Gasteiger partial charge in [0.05, 0.1) is 11.4 Å². The van der Waals surface area contributed by atoms with Gasteiger partial charge in [0.2, 0.25) is 5.91 Å². The quantitative estimate of drug-likeness (QED) is 0.707. The highest BCUT2D eigenvalue weighted by Crippen LogP contribution is 2.23. The van der Waals surface area contributed by atoms with E-state index in [0.29, 0.717) is 5.82 Å². The van der Waals surface area contributed by atoms with Crippen molar-refractivity contribution in [2.24, 2.45) is 0 Å². The SMILES string of the molecule is Cc1ccc(NC(=O)CSc2nccn2-c2ccc(C)cc2C)nc1. The van der Waals surface area contributed by atoms with Crippen LogP contribution in [0.3, 0.4) is 0 Å². The van der Waals surface area contributed by atoms with E-state index in [1.807, 2.05) is 23.8 Å². The maximum atomic E-state index is 12.1. The van der Waals surface area contributed by atoms with E-state index in [4.69, 9.17) is 0 Å². The molecule has 128 valence electrons. The lowest BCUT2D eigenvalue weighted by Gasteiger charge is -2.11. The minimum Gasteiger partial charge on any atom is -0.310 e. The Morgan fingerprint density at radius 3 is 2.64 bits per heavy atom. The van der Waals surface area contributed by atoms with Crippen LogP contribution in [-0.2, 0) is 4.79 Å². The number of carbonyl (C=O) groups is 1. The number of hydrogen-bond acceptors (Lipinski definition) is 4. The standard InChI is InChI=1S/C19H20N4OS/c1-13-4-6-16(15(3)10-13)23-9-8-20-19(23)25-12-18(24)22-17-7-5-14(2)11-21-17/h4-11H,12H2,1-3H3,(H,21,22,24). The second-order valence-electron chi connectivity index (χ2n) is 5.93. The Morgan fingerprint density at radius 1 is 1.12 bits per heavy atom. The molecule has 2 heterocycles. The average Bonchev–Trinajstić information content (AvgIpc) is 3.03. The zero-order chi connectivity index (χ0) is 17.8. The summed E-state index contributed by atoms with van der Waals surface area (Å²) in [5.41, 5.74) is 4.53. The molecule has 1 N–H and O–H groups in total. The number of aromatic nitrogens is 3. The van der Waals surface area contributed by atoms with Gasteiger partial charge in [-0.05, 0) is 44.0 Å². The van der Waals surface area contributed by atoms with Gasteiger partial charge >= 0.3 is 0 Å². The summed E-state index contributed by atoms with van der Waals surface area (Å²) in [7, 11) is 0. The molecule has 0 unspecified atom stereocenters. The third-order valence-corrected chi connectivity index (χ3v) is 4.70. The van der Waals surface area contributed by atoms with E-state index in [0.717, 1.165) is 16.4 Å². The van der Waals surface area contributed by atoms with Gasteiger partial charge < -0.3 is 5.32 Å². The summed E-state index contributed by atoms with van der Waals surface area (Å²) in [5.74, 6) is 0.739. The van der Waals surface area contributed by atoms with Crippen LogP contribution in [0, 0.1) is 20.8 Å². The minimum atomic E-state index is -0.100. The van der Waals surface area contributed by atoms with Gasteiger partial charge in [0.15, 0.2) is 5.16 Å². The predicted octanol–water partition coefficient (Wildman–Crippen LogP) is 3.92. The van der Waals surface area contributed by atoms with Gasteiger partial charge in [0.1, 0.15) is 5.82 Å². The van der Waals surface area contributed by atoms with E-state index in [-0.39, 0.29) is 11.7 Å². The Hall–Kier alpha value is -2.60. The number of hydrogen-bond donors (Lipinski definition) is 1. The van der Waals surface area contributed by atoms with Crippen LogP contribution in [0.2, 0.25) is 0 Å². The van der Waals surface area contributed by atoms with Crippen molar-refractivity contribution in [2.75, 3.05) is 11.1 Å². The summed E-state index contributed by atoms with van der Waals surface area (Å²) < 4.78 is 2.01. The first kappa shape index (κ1) is 17.2. The molecule has 0 radical (unpaired) electrons. The second kappa shape index (κ2) is 7.53. The van der Waals surface area contributed by atoms with Gasteiger partial charge in [0, 0.05) is 18.6 Å². The van der Waals surface area contributed by atoms with Crippen LogP contribution in [0.25, 0.3) is 5.69 Å². The van der Waals surface area contributed by atoms with Crippen molar-refractivity contribution in [1.29, 1.82) is 0 Å². The van der Waals surface area contributed by atoms with E-state index in [1.54, 1.807) is 18.5 Å². The molecule has 5 nitrogen and oxygen atoms in total. The minimum absolute atomic E-state index is 0.100. The van der Waals surface area contributed by atoms with E-state index in [9.17, 15) is 4.79 Å². The molecule has 0 saturated heterocycles. The van der Waals surface area contributed by atoms with Crippen molar-refractivity contribution in [3.05, 3.63) is 65.6 Å². The molecule has 0 atom stereocenters. The Bertz CT molecular complexity index is 887. The zero-order valence-electron chi connectivity index (χ0n) is 14.5. The molecule has 0 fully saturated rings. The summed E-state index contributed by atoms with van der Waals surface area (Å²) >= 11 is 1.40. The van der Waals surface area contributed by atoms with E-state index in [1.165, 1.54) is 22.9 Å². The molecule has 2 aromatic heterocycles. The molecule has 0 aliphatic rings. The van der Waals surface area contributed by atoms with Crippen LogP contribution in [0.4, 0.5) is 5.82 Å². The third kappa shape index (κ3) is 4.28. The van der Waals surface area contributed by atoms with Crippen molar-refractivity contribution in [3.63, 3.8) is 0 Å². The van der Waals surface area contributed by atoms with Gasteiger partial charge in [-0.2, -0.15) is 0 Å². The number of aryl methyl sites for hydroxylation is 3. The lowest BCUT2D eigenvalue weighted by molar-refractivity contribution is -0.113. The fourth-order valence-corrected chi connectivity index (χ4v) is 3.27. The van der Waals surface area contributed by atoms with E-state index < -0.39 is 0 Å². The highest BCUT2D eigenvalue weighted by atomic mass is 32.2. The monoisotopic (exact) mass is 352 g/mol. The van der Waals surface area contributed by atoms with Crippen molar-refractivity contribution in [3.8, 4) is 5.69 Å². The molecule has 0 aliphatic heterocycles. The molecule has 3 rings (SSSR count). The molecule has 3 aromatic rings. The maximum absolute atomic E-state index is 12.1. The van der Waals surface area contributed by atoms with Crippen LogP contribution in [0.5, 0.6) is 0 Å². The Labute approximate surface area is 151 Å². The molecule has 25 heavy (non-hydrogen) atoms. The molecule has 0 aliphatic carbocycles. The zero-order valence-corrected chi connectivity index (χ0v) is 15.3. The van der Waals surface area contributed by atoms with Gasteiger partial charge in [-0.1, -0.05) is 35.5 Å². The molecular weight excluding hydrogens is 332 g/mol. The summed E-state index contributed by atoms with van der Waals surface area (Å²) in [6.07, 6.45) is 5.40. The van der Waals surface area contributed by atoms with Crippen LogP contribution in [-0.4, -0.2) is 26.2 Å². The summed E-state index contributed by atoms with van der Waals surface area (Å²) in [5, 5.41) is 3.59. The fraction of sp³-hybridized carbons (Fsp3) is 0.211. The number of anilines is 1. The summed E-state index contributed by atoms with van der Waals surface area (Å²) in [6, 6.07) is 10.0. The Morgan fingerprint density at radius 2 is 1.92 bits per heavy atom. The van der Waals surface area contributed by atoms with Crippen LogP contribution in [0.15, 0.2) is 54.1 Å². The Kier molecular flexibility index (Phi) is 5.19. The number of imidazole rings is 1. The largest absolute Gasteiger partial charge is 0.310 e. The lowest BCUT2D eigenvalue weighted by Crippen LogP contribution is -2.15. The van der Waals surface area contributed by atoms with Crippen molar-refractivity contribution < 1.29 is 4.79 Å². The highest BCUT2D eigenvalue weighted by molar-refractivity contribution is 7.99. The van der Waals surface area contributed by atoms with Gasteiger partial charge in [0.25, 0.3) is 0 Å². The predicted molar refractivity (Wildman–Crippen MR) is 101 cm³/mol. The molecular formula is C19H20N4OS. The number of benzene rings is 1. The number of pyridine rings is 1. The first-order valence-corrected chi connectivity index (χ1v) is 8.98. The third-order valence-electron chi connectivity index (χ3n) is 3.73. The number of amides is 1. The fourth-order valence-electron chi connectivity index (χ4n) is 2.51. The first-order chi connectivity index (χ1) is 12.0. The number of thioether (sulfide) groups is 1. The number of nitrogens with zero attached hydrogens (tertiary/aromatic N) is 3. The number of carbonyl (C=O) groups excluding carboxylic acids is 1. The molecule has 0 bridgehead atoms. The molecule has 0 saturated carbocycles. The van der Waals surface area contributed by atoms with Gasteiger partial charge in [-0.25, -0.2) is 9.97 Å². The normalized spacial score (nSPS) is 10.7. The second-order valence-corrected chi connectivity index (χ2v) is 6.87. The number of rotatable bonds is 5. The maximum Gasteiger partial charge on any atom is 0.236 e. The van der Waals surface area contributed by atoms with Crippen molar-refractivity contribution in [2.45, 2.75) is 25.9 Å². The summed E-state index contributed by atoms with van der Waals surface area (Å²) in [4.78, 5) is 20.7. The smallest absolute Gasteiger partial charge is 0.236 e. The van der Waals surface area contributed by atoms with Crippen molar-refractivity contribution in [1.82, 2.24) is 14.5 Å². The topological polar surface area (TPSA) is 59.8 Å². The lowest BCUT2D eigenvalue weighted by atomic mass is 10.1. The Balaban J connectivity index is 1.67. The highest BCUT2D eigenvalue weighted by Gasteiger charge is 2.11. The van der Waals surface area contributed by atoms with E-state index >= 15 is 0 Å². The molecule has 1 aromatic carbocycles. The molecule has 6 heteroatoms. The molecule has 1 amide bonds. The average molecular weight is 352 g/mol. The van der Waals surface area contributed by atoms with E-state index in [2.05, 4.69) is 47.3 Å². The van der Waals surface area contributed by atoms with Crippen LogP contribution in [0.1, 0.15) is 16.7 Å². The van der Waals surface area contributed by atoms with Crippen molar-refractivity contribution >= 4 is 23.5 Å². The van der Waals surface area contributed by atoms with Gasteiger partial charge in [-0.15, -0.1) is 0 Å². The van der Waals surface area contributed by atoms with Gasteiger partial charge in [-0.3, -0.25) is 9.36 Å².